The Morgan fingerprint density at radius 2 is 1.85 bits per heavy atom. The summed E-state index contributed by atoms with van der Waals surface area (Å²) in [5.74, 6) is 1.55. The topological polar surface area (TPSA) is 51.9 Å². The Hall–Kier alpha value is -2.95. The number of fused-ring (bicyclic) bond motifs is 1. The third-order valence-electron chi connectivity index (χ3n) is 4.79. The fourth-order valence-corrected chi connectivity index (χ4v) is 3.35. The average Bonchev–Trinajstić information content (AvgIpc) is 3.16. The third-order valence-corrected chi connectivity index (χ3v) is 4.79. The SMILES string of the molecule is COc1ccccc1OC1CCN(C(=O)c2ccc3occc3c2)CC1. The molecule has 1 aliphatic heterocycles. The number of piperidine rings is 1. The number of carbonyl (C=O) groups is 1. The molecule has 3 aromatic rings. The fraction of sp³-hybridized carbons (Fsp3) is 0.286. The normalized spacial score (nSPS) is 15.2. The highest BCUT2D eigenvalue weighted by Crippen LogP contribution is 2.29. The number of methoxy groups -OCH3 is 1. The van der Waals surface area contributed by atoms with Gasteiger partial charge in [-0.15, -0.1) is 0 Å². The minimum absolute atomic E-state index is 0.0591. The Morgan fingerprint density at radius 3 is 2.62 bits per heavy atom. The highest BCUT2D eigenvalue weighted by molar-refractivity contribution is 5.97. The molecule has 26 heavy (non-hydrogen) atoms. The van der Waals surface area contributed by atoms with E-state index < -0.39 is 0 Å². The number of hydrogen-bond acceptors (Lipinski definition) is 4. The summed E-state index contributed by atoms with van der Waals surface area (Å²) < 4.78 is 16.8. The lowest BCUT2D eigenvalue weighted by atomic mass is 10.1. The quantitative estimate of drug-likeness (QED) is 0.709. The number of hydrogen-bond donors (Lipinski definition) is 0. The first-order chi connectivity index (χ1) is 12.7. The van der Waals surface area contributed by atoms with Gasteiger partial charge in [-0.25, -0.2) is 0 Å². The number of nitrogens with zero attached hydrogens (tertiary/aromatic N) is 1. The van der Waals surface area contributed by atoms with Gasteiger partial charge in [0.1, 0.15) is 11.7 Å². The van der Waals surface area contributed by atoms with Crippen molar-refractivity contribution in [1.82, 2.24) is 4.90 Å². The van der Waals surface area contributed by atoms with Gasteiger partial charge < -0.3 is 18.8 Å². The van der Waals surface area contributed by atoms with E-state index in [1.165, 1.54) is 0 Å². The van der Waals surface area contributed by atoms with E-state index in [-0.39, 0.29) is 12.0 Å². The molecule has 1 aliphatic rings. The smallest absolute Gasteiger partial charge is 0.253 e. The fourth-order valence-electron chi connectivity index (χ4n) is 3.35. The third kappa shape index (κ3) is 3.25. The Balaban J connectivity index is 1.39. The first-order valence-electron chi connectivity index (χ1n) is 8.81. The monoisotopic (exact) mass is 351 g/mol. The zero-order valence-electron chi connectivity index (χ0n) is 14.7. The number of furan rings is 1. The number of likely N-dealkylation sites (tertiary alicyclic amines) is 1. The lowest BCUT2D eigenvalue weighted by molar-refractivity contribution is 0.0590. The molecule has 2 aromatic carbocycles. The summed E-state index contributed by atoms with van der Waals surface area (Å²) in [5, 5.41) is 0.949. The highest BCUT2D eigenvalue weighted by atomic mass is 16.5. The first-order valence-corrected chi connectivity index (χ1v) is 8.81. The largest absolute Gasteiger partial charge is 0.493 e. The standard InChI is InChI=1S/C21H21NO4/c1-24-19-4-2-3-5-20(19)26-17-8-11-22(12-9-17)21(23)16-6-7-18-15(14-16)10-13-25-18/h2-7,10,13-14,17H,8-9,11-12H2,1H3. The molecule has 0 N–H and O–H groups in total. The summed E-state index contributed by atoms with van der Waals surface area (Å²) in [6.45, 7) is 1.37. The minimum atomic E-state index is 0.0591. The van der Waals surface area contributed by atoms with Crippen molar-refractivity contribution in [2.75, 3.05) is 20.2 Å². The van der Waals surface area contributed by atoms with Crippen LogP contribution in [0.2, 0.25) is 0 Å². The van der Waals surface area contributed by atoms with Crippen LogP contribution < -0.4 is 9.47 Å². The van der Waals surface area contributed by atoms with Gasteiger partial charge in [-0.2, -0.15) is 0 Å². The van der Waals surface area contributed by atoms with Gasteiger partial charge in [-0.05, 0) is 36.4 Å². The molecule has 0 atom stereocenters. The van der Waals surface area contributed by atoms with Crippen molar-refractivity contribution in [1.29, 1.82) is 0 Å². The number of amides is 1. The van der Waals surface area contributed by atoms with E-state index in [0.717, 1.165) is 35.3 Å². The van der Waals surface area contributed by atoms with Gasteiger partial charge in [0.25, 0.3) is 5.91 Å². The predicted molar refractivity (Wildman–Crippen MR) is 98.8 cm³/mol. The van der Waals surface area contributed by atoms with Crippen molar-refractivity contribution in [3.05, 3.63) is 60.4 Å². The Labute approximate surface area is 152 Å². The second-order valence-corrected chi connectivity index (χ2v) is 6.43. The van der Waals surface area contributed by atoms with Crippen molar-refractivity contribution in [3.63, 3.8) is 0 Å². The van der Waals surface area contributed by atoms with Crippen LogP contribution in [-0.2, 0) is 0 Å². The van der Waals surface area contributed by atoms with Gasteiger partial charge >= 0.3 is 0 Å². The zero-order chi connectivity index (χ0) is 17.9. The van der Waals surface area contributed by atoms with Crippen molar-refractivity contribution in [2.45, 2.75) is 18.9 Å². The Bertz CT molecular complexity index is 909. The van der Waals surface area contributed by atoms with Crippen LogP contribution in [0.15, 0.2) is 59.2 Å². The number of carbonyl (C=O) groups excluding carboxylic acids is 1. The number of para-hydroxylation sites is 2. The molecule has 5 heteroatoms. The van der Waals surface area contributed by atoms with Crippen LogP contribution in [0.5, 0.6) is 11.5 Å². The average molecular weight is 351 g/mol. The van der Waals surface area contributed by atoms with Crippen molar-refractivity contribution in [3.8, 4) is 11.5 Å². The molecule has 134 valence electrons. The molecule has 0 radical (unpaired) electrons. The van der Waals surface area contributed by atoms with Gasteiger partial charge in [-0.3, -0.25) is 4.79 Å². The van der Waals surface area contributed by atoms with E-state index in [2.05, 4.69) is 0 Å². The molecule has 1 fully saturated rings. The molecule has 0 spiro atoms. The summed E-state index contributed by atoms with van der Waals surface area (Å²) >= 11 is 0. The van der Waals surface area contributed by atoms with E-state index in [1.54, 1.807) is 13.4 Å². The summed E-state index contributed by atoms with van der Waals surface area (Å²) in [4.78, 5) is 14.7. The van der Waals surface area contributed by atoms with Crippen LogP contribution in [-0.4, -0.2) is 37.1 Å². The molecule has 0 saturated carbocycles. The van der Waals surface area contributed by atoms with Gasteiger partial charge in [0.05, 0.1) is 13.4 Å². The molecule has 1 saturated heterocycles. The predicted octanol–water partition coefficient (Wildman–Crippen LogP) is 4.13. The first kappa shape index (κ1) is 16.5. The van der Waals surface area contributed by atoms with Crippen LogP contribution in [0.3, 0.4) is 0 Å². The minimum Gasteiger partial charge on any atom is -0.493 e. The molecule has 5 nitrogen and oxygen atoms in total. The van der Waals surface area contributed by atoms with E-state index in [0.29, 0.717) is 18.7 Å². The van der Waals surface area contributed by atoms with Crippen LogP contribution in [0.1, 0.15) is 23.2 Å². The van der Waals surface area contributed by atoms with Gasteiger partial charge in [0.15, 0.2) is 11.5 Å². The van der Waals surface area contributed by atoms with E-state index in [9.17, 15) is 4.79 Å². The van der Waals surface area contributed by atoms with Gasteiger partial charge in [-0.1, -0.05) is 12.1 Å². The lowest BCUT2D eigenvalue weighted by Gasteiger charge is -2.32. The van der Waals surface area contributed by atoms with Crippen LogP contribution >= 0.6 is 0 Å². The van der Waals surface area contributed by atoms with Crippen LogP contribution in [0, 0.1) is 0 Å². The number of rotatable bonds is 4. The molecule has 0 unspecified atom stereocenters. The van der Waals surface area contributed by atoms with Crippen molar-refractivity contribution >= 4 is 16.9 Å². The highest BCUT2D eigenvalue weighted by Gasteiger charge is 2.25. The van der Waals surface area contributed by atoms with Gasteiger partial charge in [0, 0.05) is 36.9 Å². The van der Waals surface area contributed by atoms with E-state index in [1.807, 2.05) is 53.4 Å². The number of benzene rings is 2. The van der Waals surface area contributed by atoms with Crippen molar-refractivity contribution < 1.29 is 18.7 Å². The molecule has 0 bridgehead atoms. The molecule has 0 aliphatic carbocycles. The van der Waals surface area contributed by atoms with E-state index in [4.69, 9.17) is 13.9 Å². The van der Waals surface area contributed by atoms with Crippen molar-refractivity contribution in [2.24, 2.45) is 0 Å². The van der Waals surface area contributed by atoms with Crippen LogP contribution in [0.25, 0.3) is 11.0 Å². The molecule has 4 rings (SSSR count). The Morgan fingerprint density at radius 1 is 1.08 bits per heavy atom. The Kier molecular flexibility index (Phi) is 4.52. The maximum absolute atomic E-state index is 12.8. The summed E-state index contributed by atoms with van der Waals surface area (Å²) in [5.41, 5.74) is 1.49. The molecule has 2 heterocycles. The summed E-state index contributed by atoms with van der Waals surface area (Å²) in [6.07, 6.45) is 3.33. The molecule has 1 aromatic heterocycles. The molecular formula is C21H21NO4. The van der Waals surface area contributed by atoms with Gasteiger partial charge in [0.2, 0.25) is 0 Å². The lowest BCUT2D eigenvalue weighted by Crippen LogP contribution is -2.41. The summed E-state index contributed by atoms with van der Waals surface area (Å²) in [6, 6.07) is 15.1. The van der Waals surface area contributed by atoms with Crippen LogP contribution in [0.4, 0.5) is 0 Å². The maximum atomic E-state index is 12.8. The number of ether oxygens (including phenoxy) is 2. The maximum Gasteiger partial charge on any atom is 0.253 e. The zero-order valence-corrected chi connectivity index (χ0v) is 14.7. The second kappa shape index (κ2) is 7.12. The molecule has 1 amide bonds. The molecular weight excluding hydrogens is 330 g/mol. The van der Waals surface area contributed by atoms with E-state index >= 15 is 0 Å². The summed E-state index contributed by atoms with van der Waals surface area (Å²) in [7, 11) is 1.64. The second-order valence-electron chi connectivity index (χ2n) is 6.43.